The van der Waals surface area contributed by atoms with Crippen LogP contribution in [0.1, 0.15) is 85.8 Å². The van der Waals surface area contributed by atoms with E-state index in [0.717, 1.165) is 78.7 Å². The van der Waals surface area contributed by atoms with Crippen LogP contribution in [0.5, 0.6) is 5.88 Å². The molecule has 1 aliphatic rings. The lowest BCUT2D eigenvalue weighted by Gasteiger charge is -2.36. The Bertz CT molecular complexity index is 2190. The Kier molecular flexibility index (Phi) is 18.4. The van der Waals surface area contributed by atoms with Crippen LogP contribution >= 0.6 is 0 Å². The molecule has 1 saturated heterocycles. The number of rotatable bonds is 26. The van der Waals surface area contributed by atoms with Crippen LogP contribution in [0.3, 0.4) is 0 Å². The number of hydrogen-bond acceptors (Lipinski definition) is 14. The van der Waals surface area contributed by atoms with E-state index in [4.69, 9.17) is 34.4 Å². The minimum absolute atomic E-state index is 0.159. The van der Waals surface area contributed by atoms with Gasteiger partial charge in [0.2, 0.25) is 5.88 Å². The first kappa shape index (κ1) is 48.5. The maximum atomic E-state index is 13.7. The number of aliphatic hydroxyl groups excluding tert-OH is 1. The number of alkyl halides is 3. The molecule has 0 aromatic carbocycles. The van der Waals surface area contributed by atoms with Gasteiger partial charge in [-0.1, -0.05) is 13.0 Å². The summed E-state index contributed by atoms with van der Waals surface area (Å²) in [6, 6.07) is 10.4. The zero-order chi connectivity index (χ0) is 45.3. The molecule has 0 bridgehead atoms. The number of aryl methyl sites for hydroxylation is 3. The van der Waals surface area contributed by atoms with Crippen molar-refractivity contribution in [3.63, 3.8) is 0 Å². The van der Waals surface area contributed by atoms with Crippen molar-refractivity contribution in [2.45, 2.75) is 90.5 Å². The third-order valence-electron chi connectivity index (χ3n) is 11.0. The smallest absolute Gasteiger partial charge is 0.433 e. The Hall–Kier alpha value is -4.98. The minimum atomic E-state index is -4.58. The molecule has 6 rings (SSSR count). The van der Waals surface area contributed by atoms with Gasteiger partial charge in [-0.3, -0.25) is 4.98 Å². The lowest BCUT2D eigenvalue weighted by atomic mass is 9.99. The van der Waals surface area contributed by atoms with Gasteiger partial charge in [0, 0.05) is 79.7 Å². The van der Waals surface area contributed by atoms with E-state index in [1.165, 1.54) is 0 Å². The topological polar surface area (TPSA) is 177 Å². The second-order valence-corrected chi connectivity index (χ2v) is 15.8. The molecule has 0 aliphatic carbocycles. The Morgan fingerprint density at radius 3 is 2.28 bits per heavy atom. The molecule has 4 N–H and O–H groups in total. The first-order chi connectivity index (χ1) is 31.0. The van der Waals surface area contributed by atoms with Crippen LogP contribution in [0, 0.1) is 6.92 Å². The third-order valence-corrected chi connectivity index (χ3v) is 11.0. The molecule has 5 aromatic rings. The van der Waals surface area contributed by atoms with Crippen molar-refractivity contribution in [3.05, 3.63) is 88.8 Å². The number of pyridine rings is 3. The molecule has 0 spiro atoms. The van der Waals surface area contributed by atoms with Crippen LogP contribution in [-0.4, -0.2) is 113 Å². The highest BCUT2D eigenvalue weighted by molar-refractivity contribution is 5.67. The van der Waals surface area contributed by atoms with Crippen LogP contribution in [0.2, 0.25) is 0 Å². The molecule has 6 heterocycles. The van der Waals surface area contributed by atoms with Crippen LogP contribution in [0.25, 0.3) is 16.8 Å². The molecule has 1 fully saturated rings. The van der Waals surface area contributed by atoms with Gasteiger partial charge in [0.05, 0.1) is 58.1 Å². The second kappa shape index (κ2) is 24.3. The number of nitrogens with two attached hydrogens (primary N) is 1. The SMILES string of the molecule is CCc1cnn2c(NCc3ccc(OCCOCCOCCOCCOCCCc4cc(-c5cnc([C@H](C)N)cc5C)cc(C(F)(F)F)n4)nc3)cc(N3CCCC[C@H]3CCO)nc12. The number of piperidine rings is 1. The Morgan fingerprint density at radius 2 is 1.62 bits per heavy atom. The number of fused-ring (bicyclic) bond motifs is 1. The summed E-state index contributed by atoms with van der Waals surface area (Å²) in [5.74, 6) is 2.26. The number of aromatic nitrogens is 6. The summed E-state index contributed by atoms with van der Waals surface area (Å²) in [7, 11) is 0. The molecule has 0 unspecified atom stereocenters. The molecular weight excluding hydrogens is 832 g/mol. The van der Waals surface area contributed by atoms with Gasteiger partial charge in [-0.05, 0) is 93.7 Å². The normalized spacial score (nSPS) is 14.9. The lowest BCUT2D eigenvalue weighted by Crippen LogP contribution is -2.40. The molecule has 348 valence electrons. The molecular formula is C46H62F3N9O6. The second-order valence-electron chi connectivity index (χ2n) is 15.8. The van der Waals surface area contributed by atoms with Gasteiger partial charge >= 0.3 is 6.18 Å². The predicted octanol–water partition coefficient (Wildman–Crippen LogP) is 6.92. The standard InChI is InChI=1S/C46H62F3N9O6/c1-4-35-30-54-58-42(27-43(56-45(35)58)57-13-6-5-9-38(57)12-14-59)52-28-34-10-11-44(53-29-34)64-23-22-63-21-20-62-19-18-61-17-16-60-15-7-8-37-25-36(26-41(55-37)46(47,48)49)39-31-51-40(33(3)50)24-32(39)2/h10-11,24-27,29-31,33,38,52,59H,4-9,12-23,28,50H2,1-3H3/t33-,38-/m0/s1. The highest BCUT2D eigenvalue weighted by atomic mass is 19.4. The number of ether oxygens (including phenoxy) is 5. The van der Waals surface area contributed by atoms with E-state index in [9.17, 15) is 18.3 Å². The molecule has 18 heteroatoms. The van der Waals surface area contributed by atoms with Crippen LogP contribution < -0.4 is 20.7 Å². The van der Waals surface area contributed by atoms with Gasteiger partial charge in [0.15, 0.2) is 5.65 Å². The van der Waals surface area contributed by atoms with E-state index in [1.807, 2.05) is 29.8 Å². The maximum absolute atomic E-state index is 13.7. The van der Waals surface area contributed by atoms with Crippen LogP contribution in [-0.2, 0) is 44.5 Å². The average Bonchev–Trinajstić information content (AvgIpc) is 3.71. The number of aliphatic hydroxyl groups is 1. The molecule has 64 heavy (non-hydrogen) atoms. The monoisotopic (exact) mass is 893 g/mol. The fraction of sp³-hybridized carbons (Fsp3) is 0.543. The van der Waals surface area contributed by atoms with Crippen molar-refractivity contribution in [2.24, 2.45) is 5.73 Å². The predicted molar refractivity (Wildman–Crippen MR) is 238 cm³/mol. The number of halogens is 3. The molecule has 5 aromatic heterocycles. The molecule has 0 saturated carbocycles. The summed E-state index contributed by atoms with van der Waals surface area (Å²) >= 11 is 0. The van der Waals surface area contributed by atoms with Crippen molar-refractivity contribution in [1.29, 1.82) is 0 Å². The van der Waals surface area contributed by atoms with Gasteiger partial charge in [0.25, 0.3) is 0 Å². The summed E-state index contributed by atoms with van der Waals surface area (Å²) in [6.45, 7) is 10.7. The molecule has 0 amide bonds. The lowest BCUT2D eigenvalue weighted by molar-refractivity contribution is -0.141. The largest absolute Gasteiger partial charge is 0.475 e. The van der Waals surface area contributed by atoms with Gasteiger partial charge < -0.3 is 44.7 Å². The first-order valence-electron chi connectivity index (χ1n) is 22.2. The molecule has 0 radical (unpaired) electrons. The van der Waals surface area contributed by atoms with E-state index in [-0.39, 0.29) is 18.7 Å². The zero-order valence-corrected chi connectivity index (χ0v) is 37.1. The summed E-state index contributed by atoms with van der Waals surface area (Å²) in [6.07, 6.45) is 6.35. The fourth-order valence-corrected chi connectivity index (χ4v) is 7.53. The van der Waals surface area contributed by atoms with Crippen LogP contribution in [0.15, 0.2) is 55.0 Å². The maximum Gasteiger partial charge on any atom is 0.433 e. The summed E-state index contributed by atoms with van der Waals surface area (Å²) < 4.78 is 71.1. The summed E-state index contributed by atoms with van der Waals surface area (Å²) in [5, 5.41) is 17.8. The highest BCUT2D eigenvalue weighted by Crippen LogP contribution is 2.33. The van der Waals surface area contributed by atoms with Crippen molar-refractivity contribution in [2.75, 3.05) is 82.8 Å². The van der Waals surface area contributed by atoms with E-state index in [1.54, 1.807) is 31.5 Å². The van der Waals surface area contributed by atoms with Crippen molar-refractivity contribution >= 4 is 17.3 Å². The average molecular weight is 894 g/mol. The van der Waals surface area contributed by atoms with E-state index in [2.05, 4.69) is 43.3 Å². The van der Waals surface area contributed by atoms with E-state index < -0.39 is 11.9 Å². The summed E-state index contributed by atoms with van der Waals surface area (Å²) in [4.78, 5) is 20.0. The van der Waals surface area contributed by atoms with Gasteiger partial charge in [0.1, 0.15) is 23.9 Å². The van der Waals surface area contributed by atoms with Crippen molar-refractivity contribution in [1.82, 2.24) is 29.5 Å². The number of nitrogens with zero attached hydrogens (tertiary/aromatic N) is 7. The Balaban J connectivity index is 0.804. The molecule has 15 nitrogen and oxygen atoms in total. The zero-order valence-electron chi connectivity index (χ0n) is 37.1. The first-order valence-corrected chi connectivity index (χ1v) is 22.2. The van der Waals surface area contributed by atoms with Crippen LogP contribution in [0.4, 0.5) is 24.8 Å². The van der Waals surface area contributed by atoms with Gasteiger partial charge in [-0.15, -0.1) is 0 Å². The Labute approximate surface area is 372 Å². The highest BCUT2D eigenvalue weighted by Gasteiger charge is 2.33. The quantitative estimate of drug-likeness (QED) is 0.0488. The third kappa shape index (κ3) is 14.0. The molecule has 2 atom stereocenters. The van der Waals surface area contributed by atoms with Crippen molar-refractivity contribution < 1.29 is 42.0 Å². The van der Waals surface area contributed by atoms with Crippen molar-refractivity contribution in [3.8, 4) is 17.0 Å². The fourth-order valence-electron chi connectivity index (χ4n) is 7.53. The number of anilines is 2. The summed E-state index contributed by atoms with van der Waals surface area (Å²) in [5.41, 5.74) is 10.7. The molecule has 1 aliphatic heterocycles. The number of hydrogen-bond donors (Lipinski definition) is 3. The van der Waals surface area contributed by atoms with Gasteiger partial charge in [-0.25, -0.2) is 15.0 Å². The number of nitrogens with one attached hydrogen (secondary N) is 1. The van der Waals surface area contributed by atoms with Gasteiger partial charge in [-0.2, -0.15) is 22.8 Å². The van der Waals surface area contributed by atoms with E-state index >= 15 is 0 Å². The van der Waals surface area contributed by atoms with E-state index in [0.29, 0.717) is 107 Å². The minimum Gasteiger partial charge on any atom is -0.475 e. The Morgan fingerprint density at radius 1 is 0.891 bits per heavy atom.